The Morgan fingerprint density at radius 3 is 2.34 bits per heavy atom. The first-order valence-electron chi connectivity index (χ1n) is 8.95. The zero-order valence-electron chi connectivity index (χ0n) is 15.3. The van der Waals surface area contributed by atoms with Gasteiger partial charge in [-0.2, -0.15) is 0 Å². The molecule has 3 N–H and O–H groups in total. The predicted molar refractivity (Wildman–Crippen MR) is 119 cm³/mol. The molecular formula is C22H17N3O2S2. The molecule has 0 spiro atoms. The summed E-state index contributed by atoms with van der Waals surface area (Å²) in [5.41, 5.74) is 3.22. The SMILES string of the molecule is O=C(NCc1ccccc1)c1ccccc1C(=O)Nc1ccc2[nH]c(=S)sc2c1. The topological polar surface area (TPSA) is 74.0 Å². The summed E-state index contributed by atoms with van der Waals surface area (Å²) in [4.78, 5) is 28.6. The molecule has 0 radical (unpaired) electrons. The van der Waals surface area contributed by atoms with Gasteiger partial charge in [0.15, 0.2) is 3.95 Å². The van der Waals surface area contributed by atoms with Crippen molar-refractivity contribution in [1.82, 2.24) is 10.3 Å². The number of carbonyl (C=O) groups is 2. The molecule has 0 aliphatic carbocycles. The van der Waals surface area contributed by atoms with Gasteiger partial charge >= 0.3 is 0 Å². The van der Waals surface area contributed by atoms with Crippen LogP contribution in [0.4, 0.5) is 5.69 Å². The van der Waals surface area contributed by atoms with Gasteiger partial charge in [0.05, 0.1) is 21.3 Å². The van der Waals surface area contributed by atoms with Crippen molar-refractivity contribution in [2.24, 2.45) is 0 Å². The van der Waals surface area contributed by atoms with E-state index in [9.17, 15) is 9.59 Å². The van der Waals surface area contributed by atoms with E-state index in [-0.39, 0.29) is 11.8 Å². The lowest BCUT2D eigenvalue weighted by Gasteiger charge is -2.11. The molecule has 4 rings (SSSR count). The molecule has 144 valence electrons. The molecule has 4 aromatic rings. The molecule has 0 aliphatic heterocycles. The third kappa shape index (κ3) is 4.42. The zero-order chi connectivity index (χ0) is 20.2. The second-order valence-electron chi connectivity index (χ2n) is 6.39. The average molecular weight is 420 g/mol. The van der Waals surface area contributed by atoms with Gasteiger partial charge in [0.1, 0.15) is 0 Å². The van der Waals surface area contributed by atoms with Crippen molar-refractivity contribution in [2.45, 2.75) is 6.54 Å². The van der Waals surface area contributed by atoms with E-state index in [1.807, 2.05) is 42.5 Å². The van der Waals surface area contributed by atoms with Crippen LogP contribution in [-0.4, -0.2) is 16.8 Å². The van der Waals surface area contributed by atoms with E-state index >= 15 is 0 Å². The highest BCUT2D eigenvalue weighted by atomic mass is 32.1. The lowest BCUT2D eigenvalue weighted by atomic mass is 10.1. The highest BCUT2D eigenvalue weighted by Crippen LogP contribution is 2.24. The number of benzene rings is 3. The predicted octanol–water partition coefficient (Wildman–Crippen LogP) is 5.14. The monoisotopic (exact) mass is 419 g/mol. The number of hydrogen-bond acceptors (Lipinski definition) is 4. The number of hydrogen-bond donors (Lipinski definition) is 3. The summed E-state index contributed by atoms with van der Waals surface area (Å²) in [5, 5.41) is 5.74. The third-order valence-corrected chi connectivity index (χ3v) is 5.59. The summed E-state index contributed by atoms with van der Waals surface area (Å²) in [5.74, 6) is -0.632. The van der Waals surface area contributed by atoms with Crippen LogP contribution in [0.5, 0.6) is 0 Å². The van der Waals surface area contributed by atoms with Gasteiger partial charge in [0.25, 0.3) is 11.8 Å². The first-order chi connectivity index (χ1) is 14.1. The lowest BCUT2D eigenvalue weighted by molar-refractivity contribution is 0.0938. The molecule has 0 atom stereocenters. The van der Waals surface area contributed by atoms with Gasteiger partial charge in [-0.1, -0.05) is 42.5 Å². The number of rotatable bonds is 5. The summed E-state index contributed by atoms with van der Waals surface area (Å²) in [7, 11) is 0. The minimum Gasteiger partial charge on any atom is -0.348 e. The highest BCUT2D eigenvalue weighted by Gasteiger charge is 2.17. The minimum absolute atomic E-state index is 0.293. The number of fused-ring (bicyclic) bond motifs is 1. The van der Waals surface area contributed by atoms with E-state index in [0.29, 0.717) is 27.3 Å². The number of aromatic nitrogens is 1. The van der Waals surface area contributed by atoms with Gasteiger partial charge in [-0.05, 0) is 48.1 Å². The summed E-state index contributed by atoms with van der Waals surface area (Å²) < 4.78 is 1.64. The zero-order valence-corrected chi connectivity index (χ0v) is 16.9. The Hall–Kier alpha value is -3.29. The first-order valence-corrected chi connectivity index (χ1v) is 10.2. The molecule has 0 aliphatic rings. The van der Waals surface area contributed by atoms with E-state index in [1.54, 1.807) is 30.3 Å². The first kappa shape index (κ1) is 19.0. The average Bonchev–Trinajstić information content (AvgIpc) is 3.12. The molecule has 0 unspecified atom stereocenters. The fraction of sp³-hybridized carbons (Fsp3) is 0.0455. The van der Waals surface area contributed by atoms with Gasteiger partial charge in [-0.3, -0.25) is 9.59 Å². The standard InChI is InChI=1S/C22H17N3O2S2/c26-20(23-13-14-6-2-1-3-7-14)16-8-4-5-9-17(16)21(27)24-15-10-11-18-19(12-15)29-22(28)25-18/h1-12H,13H2,(H,23,26)(H,24,27)(H,25,28). The number of carbonyl (C=O) groups excluding carboxylic acids is 2. The molecular weight excluding hydrogens is 402 g/mol. The normalized spacial score (nSPS) is 10.6. The fourth-order valence-corrected chi connectivity index (χ4v) is 4.13. The van der Waals surface area contributed by atoms with Crippen LogP contribution in [0.1, 0.15) is 26.3 Å². The molecule has 3 aromatic carbocycles. The summed E-state index contributed by atoms with van der Waals surface area (Å²) in [6, 6.07) is 21.9. The maximum Gasteiger partial charge on any atom is 0.256 e. The summed E-state index contributed by atoms with van der Waals surface area (Å²) in [6.07, 6.45) is 0. The molecule has 0 saturated carbocycles. The van der Waals surface area contributed by atoms with Crippen molar-refractivity contribution in [3.63, 3.8) is 0 Å². The molecule has 2 amide bonds. The van der Waals surface area contributed by atoms with Gasteiger partial charge in [0.2, 0.25) is 0 Å². The molecule has 7 heteroatoms. The van der Waals surface area contributed by atoms with Crippen LogP contribution in [0.3, 0.4) is 0 Å². The van der Waals surface area contributed by atoms with E-state index in [0.717, 1.165) is 15.8 Å². The Labute approximate surface area is 176 Å². The molecule has 0 saturated heterocycles. The second-order valence-corrected chi connectivity index (χ2v) is 8.11. The smallest absolute Gasteiger partial charge is 0.256 e. The van der Waals surface area contributed by atoms with E-state index in [1.165, 1.54) is 11.3 Å². The van der Waals surface area contributed by atoms with Gasteiger partial charge < -0.3 is 15.6 Å². The number of anilines is 1. The Kier molecular flexibility index (Phi) is 5.50. The maximum atomic E-state index is 12.8. The largest absolute Gasteiger partial charge is 0.348 e. The molecule has 1 aromatic heterocycles. The van der Waals surface area contributed by atoms with Gasteiger partial charge in [0, 0.05) is 12.2 Å². The van der Waals surface area contributed by atoms with Gasteiger partial charge in [-0.15, -0.1) is 11.3 Å². The van der Waals surface area contributed by atoms with E-state index < -0.39 is 0 Å². The number of aromatic amines is 1. The van der Waals surface area contributed by atoms with Crippen LogP contribution in [0.2, 0.25) is 0 Å². The Morgan fingerprint density at radius 1 is 0.897 bits per heavy atom. The molecule has 0 fully saturated rings. The lowest BCUT2D eigenvalue weighted by Crippen LogP contribution is -2.26. The van der Waals surface area contributed by atoms with Crippen molar-refractivity contribution in [3.05, 3.63) is 93.4 Å². The number of H-pyrrole nitrogens is 1. The molecule has 5 nitrogen and oxygen atoms in total. The Morgan fingerprint density at radius 2 is 1.59 bits per heavy atom. The van der Waals surface area contributed by atoms with Crippen molar-refractivity contribution in [3.8, 4) is 0 Å². The van der Waals surface area contributed by atoms with Crippen LogP contribution < -0.4 is 10.6 Å². The highest BCUT2D eigenvalue weighted by molar-refractivity contribution is 7.73. The van der Waals surface area contributed by atoms with Crippen LogP contribution >= 0.6 is 23.6 Å². The summed E-state index contributed by atoms with van der Waals surface area (Å²) >= 11 is 6.60. The van der Waals surface area contributed by atoms with Crippen LogP contribution in [0.25, 0.3) is 10.2 Å². The van der Waals surface area contributed by atoms with Crippen molar-refractivity contribution in [2.75, 3.05) is 5.32 Å². The maximum absolute atomic E-state index is 12.8. The van der Waals surface area contributed by atoms with Crippen LogP contribution in [0, 0.1) is 3.95 Å². The van der Waals surface area contributed by atoms with Crippen LogP contribution in [-0.2, 0) is 6.54 Å². The number of nitrogens with one attached hydrogen (secondary N) is 3. The van der Waals surface area contributed by atoms with Crippen molar-refractivity contribution >= 4 is 51.3 Å². The van der Waals surface area contributed by atoms with Crippen LogP contribution in [0.15, 0.2) is 72.8 Å². The fourth-order valence-electron chi connectivity index (χ4n) is 2.97. The Bertz CT molecular complexity index is 1250. The quantitative estimate of drug-likeness (QED) is 0.392. The number of amides is 2. The van der Waals surface area contributed by atoms with E-state index in [4.69, 9.17) is 12.2 Å². The third-order valence-electron chi connectivity index (χ3n) is 4.39. The van der Waals surface area contributed by atoms with Crippen molar-refractivity contribution < 1.29 is 9.59 Å². The molecule has 0 bridgehead atoms. The minimum atomic E-state index is -0.339. The number of thiazole rings is 1. The van der Waals surface area contributed by atoms with E-state index in [2.05, 4.69) is 15.6 Å². The molecule has 29 heavy (non-hydrogen) atoms. The van der Waals surface area contributed by atoms with Crippen molar-refractivity contribution in [1.29, 1.82) is 0 Å². The van der Waals surface area contributed by atoms with Gasteiger partial charge in [-0.25, -0.2) is 0 Å². The molecule has 1 heterocycles. The Balaban J connectivity index is 1.52. The second kappa shape index (κ2) is 8.38. The summed E-state index contributed by atoms with van der Waals surface area (Å²) in [6.45, 7) is 0.393.